The third-order valence-corrected chi connectivity index (χ3v) is 5.79. The fraction of sp³-hybridized carbons (Fsp3) is 0.211. The van der Waals surface area contributed by atoms with Crippen LogP contribution in [-0.2, 0) is 24.3 Å². The molecule has 11 heteroatoms. The number of nitrogens with zero attached hydrogens (tertiary/aromatic N) is 4. The molecule has 156 valence electrons. The van der Waals surface area contributed by atoms with Crippen LogP contribution in [0.15, 0.2) is 53.1 Å². The van der Waals surface area contributed by atoms with Crippen molar-refractivity contribution >= 4 is 27.9 Å². The Kier molecular flexibility index (Phi) is 5.31. The number of nitrogens with two attached hydrogens (primary N) is 1. The summed E-state index contributed by atoms with van der Waals surface area (Å²) in [5.74, 6) is -0.711. The summed E-state index contributed by atoms with van der Waals surface area (Å²) in [5, 5.41) is 4.39. The minimum atomic E-state index is -1.93. The highest BCUT2D eigenvalue weighted by atomic mass is 32.1. The Morgan fingerprint density at radius 3 is 2.73 bits per heavy atom. The molecule has 0 unspecified atom stereocenters. The molecule has 0 aliphatic carbocycles. The van der Waals surface area contributed by atoms with Crippen LogP contribution >= 0.6 is 11.3 Å². The van der Waals surface area contributed by atoms with Crippen LogP contribution in [0.25, 0.3) is 0 Å². The Morgan fingerprint density at radius 1 is 1.20 bits per heavy atom. The van der Waals surface area contributed by atoms with Gasteiger partial charge in [-0.05, 0) is 23.8 Å². The molecule has 2 N–H and O–H groups in total. The van der Waals surface area contributed by atoms with Crippen molar-refractivity contribution in [2.75, 3.05) is 11.4 Å². The summed E-state index contributed by atoms with van der Waals surface area (Å²) in [6, 6.07) is 7.99. The summed E-state index contributed by atoms with van der Waals surface area (Å²) in [6.45, 7) is -0.633. The fourth-order valence-electron chi connectivity index (χ4n) is 3.26. The first-order valence-electron chi connectivity index (χ1n) is 8.93. The highest BCUT2D eigenvalue weighted by molar-refractivity contribution is 7.16. The van der Waals surface area contributed by atoms with E-state index in [1.165, 1.54) is 33.2 Å². The quantitative estimate of drug-likeness (QED) is 0.645. The van der Waals surface area contributed by atoms with Gasteiger partial charge in [0.25, 0.3) is 6.08 Å². The maximum absolute atomic E-state index is 14.3. The minimum Gasteiger partial charge on any atom is -0.327 e. The Balaban J connectivity index is 1.57. The maximum Gasteiger partial charge on any atom is 0.346 e. The zero-order valence-electron chi connectivity index (χ0n) is 15.5. The first kappa shape index (κ1) is 20.1. The number of anilines is 2. The van der Waals surface area contributed by atoms with Gasteiger partial charge in [0.2, 0.25) is 5.91 Å². The number of rotatable bonds is 6. The van der Waals surface area contributed by atoms with Gasteiger partial charge in [-0.3, -0.25) is 14.3 Å². The Bertz CT molecular complexity index is 1210. The molecule has 0 saturated carbocycles. The van der Waals surface area contributed by atoms with Crippen LogP contribution in [0.3, 0.4) is 0 Å². The van der Waals surface area contributed by atoms with E-state index in [4.69, 9.17) is 5.73 Å². The zero-order chi connectivity index (χ0) is 21.4. The molecule has 0 spiro atoms. The number of halogens is 3. The number of amides is 1. The SMILES string of the molecule is NCC(Cn1ncn(Cc2ccc(N3C(=O)Cc4cccc(F)c43)s2)c1=O)=C(F)F. The van der Waals surface area contributed by atoms with E-state index in [2.05, 4.69) is 5.10 Å². The van der Waals surface area contributed by atoms with E-state index >= 15 is 0 Å². The van der Waals surface area contributed by atoms with Crippen LogP contribution in [0.4, 0.5) is 23.9 Å². The van der Waals surface area contributed by atoms with Crippen molar-refractivity contribution < 1.29 is 18.0 Å². The van der Waals surface area contributed by atoms with Gasteiger partial charge in [-0.1, -0.05) is 12.1 Å². The van der Waals surface area contributed by atoms with Crippen LogP contribution in [0.5, 0.6) is 0 Å². The van der Waals surface area contributed by atoms with Gasteiger partial charge in [0.15, 0.2) is 0 Å². The molecule has 30 heavy (non-hydrogen) atoms. The second-order valence-electron chi connectivity index (χ2n) is 6.66. The molecular formula is C19H16F3N5O2S. The number of hydrogen-bond donors (Lipinski definition) is 1. The third kappa shape index (κ3) is 3.57. The number of thiophene rings is 1. The topological polar surface area (TPSA) is 86.2 Å². The molecule has 3 aromatic rings. The number of hydrogen-bond acceptors (Lipinski definition) is 5. The van der Waals surface area contributed by atoms with Crippen molar-refractivity contribution in [3.05, 3.63) is 75.1 Å². The van der Waals surface area contributed by atoms with E-state index < -0.39 is 24.1 Å². The minimum absolute atomic E-state index is 0.120. The second kappa shape index (κ2) is 7.92. The largest absolute Gasteiger partial charge is 0.346 e. The van der Waals surface area contributed by atoms with E-state index in [0.29, 0.717) is 10.6 Å². The van der Waals surface area contributed by atoms with E-state index in [0.717, 1.165) is 9.56 Å². The lowest BCUT2D eigenvalue weighted by Crippen LogP contribution is -2.27. The van der Waals surface area contributed by atoms with Gasteiger partial charge in [-0.25, -0.2) is 13.9 Å². The fourth-order valence-corrected chi connectivity index (χ4v) is 4.29. The molecule has 4 rings (SSSR count). The molecule has 0 bridgehead atoms. The highest BCUT2D eigenvalue weighted by Gasteiger charge is 2.32. The molecule has 0 fully saturated rings. The Labute approximate surface area is 172 Å². The first-order chi connectivity index (χ1) is 14.4. The maximum atomic E-state index is 14.3. The summed E-state index contributed by atoms with van der Waals surface area (Å²) in [5.41, 5.74) is 5.21. The molecule has 0 radical (unpaired) electrons. The summed E-state index contributed by atoms with van der Waals surface area (Å²) < 4.78 is 42.0. The molecule has 7 nitrogen and oxygen atoms in total. The number of benzene rings is 1. The molecule has 0 saturated heterocycles. The number of fused-ring (bicyclic) bond motifs is 1. The number of aromatic nitrogens is 3. The molecule has 2 aromatic heterocycles. The Morgan fingerprint density at radius 2 is 2.00 bits per heavy atom. The lowest BCUT2D eigenvalue weighted by atomic mass is 10.1. The van der Waals surface area contributed by atoms with Gasteiger partial charge < -0.3 is 5.73 Å². The van der Waals surface area contributed by atoms with E-state index in [-0.39, 0.29) is 36.7 Å². The van der Waals surface area contributed by atoms with Gasteiger partial charge in [0, 0.05) is 17.0 Å². The zero-order valence-corrected chi connectivity index (χ0v) is 16.3. The molecule has 0 atom stereocenters. The highest BCUT2D eigenvalue weighted by Crippen LogP contribution is 2.40. The standard InChI is InChI=1S/C19H16F3N5O2S/c20-14-3-1-2-11-6-15(28)27(17(11)14)16-5-4-13(30-16)9-25-10-24-26(19(25)29)8-12(7-23)18(21)22/h1-5,10H,6-9,23H2. The van der Waals surface area contributed by atoms with Crippen LogP contribution in [-0.4, -0.2) is 26.8 Å². The number of carbonyl (C=O) groups is 1. The van der Waals surface area contributed by atoms with Crippen molar-refractivity contribution in [3.63, 3.8) is 0 Å². The van der Waals surface area contributed by atoms with Crippen molar-refractivity contribution in [1.29, 1.82) is 0 Å². The van der Waals surface area contributed by atoms with Crippen LogP contribution in [0.2, 0.25) is 0 Å². The van der Waals surface area contributed by atoms with E-state index in [9.17, 15) is 22.8 Å². The molecule has 1 aliphatic rings. The second-order valence-corrected chi connectivity index (χ2v) is 7.81. The van der Waals surface area contributed by atoms with Crippen LogP contribution < -0.4 is 16.3 Å². The third-order valence-electron chi connectivity index (χ3n) is 4.73. The predicted molar refractivity (Wildman–Crippen MR) is 105 cm³/mol. The summed E-state index contributed by atoms with van der Waals surface area (Å²) in [7, 11) is 0. The lowest BCUT2D eigenvalue weighted by molar-refractivity contribution is -0.116. The van der Waals surface area contributed by atoms with Crippen molar-refractivity contribution in [3.8, 4) is 0 Å². The van der Waals surface area contributed by atoms with Crippen LogP contribution in [0.1, 0.15) is 10.4 Å². The average molecular weight is 435 g/mol. The van der Waals surface area contributed by atoms with Crippen molar-refractivity contribution in [1.82, 2.24) is 14.3 Å². The smallest absolute Gasteiger partial charge is 0.327 e. The van der Waals surface area contributed by atoms with E-state index in [1.54, 1.807) is 24.3 Å². The normalized spacial score (nSPS) is 13.1. The van der Waals surface area contributed by atoms with Gasteiger partial charge in [-0.2, -0.15) is 13.9 Å². The molecule has 1 amide bonds. The van der Waals surface area contributed by atoms with Crippen LogP contribution in [0, 0.1) is 5.82 Å². The van der Waals surface area contributed by atoms with Gasteiger partial charge in [0.1, 0.15) is 17.1 Å². The van der Waals surface area contributed by atoms with E-state index in [1.807, 2.05) is 0 Å². The van der Waals surface area contributed by atoms with Crippen molar-refractivity contribution in [2.24, 2.45) is 5.73 Å². The predicted octanol–water partition coefficient (Wildman–Crippen LogP) is 2.62. The summed E-state index contributed by atoms with van der Waals surface area (Å²) >= 11 is 1.23. The molecule has 1 aromatic carbocycles. The lowest BCUT2D eigenvalue weighted by Gasteiger charge is -2.15. The molecule has 1 aliphatic heterocycles. The van der Waals surface area contributed by atoms with Crippen molar-refractivity contribution in [2.45, 2.75) is 19.5 Å². The molecule has 3 heterocycles. The Hall–Kier alpha value is -3.18. The average Bonchev–Trinajstić information content (AvgIpc) is 3.38. The number of carbonyl (C=O) groups excluding carboxylic acids is 1. The van der Waals surface area contributed by atoms with Gasteiger partial charge in [0.05, 0.1) is 25.2 Å². The molecular weight excluding hydrogens is 419 g/mol. The van der Waals surface area contributed by atoms with Gasteiger partial charge in [-0.15, -0.1) is 11.3 Å². The first-order valence-corrected chi connectivity index (χ1v) is 9.75. The number of para-hydroxylation sites is 1. The van der Waals surface area contributed by atoms with Gasteiger partial charge >= 0.3 is 5.69 Å². The summed E-state index contributed by atoms with van der Waals surface area (Å²) in [4.78, 5) is 26.9. The summed E-state index contributed by atoms with van der Waals surface area (Å²) in [6.07, 6.45) is -0.555. The monoisotopic (exact) mass is 435 g/mol.